The maximum atomic E-state index is 10.9. The lowest BCUT2D eigenvalue weighted by atomic mass is 10.1. The number of hydrogen-bond donors (Lipinski definition) is 1. The number of carbonyl (C=O) groups excluding carboxylic acids is 2. The largest absolute Gasteiger partial charge is 0.454 e. The van der Waals surface area contributed by atoms with Crippen LogP contribution in [-0.4, -0.2) is 25.5 Å². The molecule has 1 aromatic carbocycles. The third kappa shape index (κ3) is 2.61. The summed E-state index contributed by atoms with van der Waals surface area (Å²) in [6, 6.07) is 3.25. The fourth-order valence-electron chi connectivity index (χ4n) is 1.47. The Bertz CT molecular complexity index is 554. The Morgan fingerprint density at radius 1 is 1.44 bits per heavy atom. The van der Waals surface area contributed by atoms with Gasteiger partial charge in [-0.1, -0.05) is 11.8 Å². The Balaban J connectivity index is 2.21. The molecule has 0 saturated carbocycles. The molecular formula is C13H11NO4. The summed E-state index contributed by atoms with van der Waals surface area (Å²) in [4.78, 5) is 21.6. The minimum atomic E-state index is -0.148. The molecule has 1 aliphatic rings. The number of aldehydes is 1. The van der Waals surface area contributed by atoms with Crippen molar-refractivity contribution in [1.29, 1.82) is 0 Å². The molecule has 0 bridgehead atoms. The minimum absolute atomic E-state index is 0.148. The van der Waals surface area contributed by atoms with Crippen LogP contribution in [0.25, 0.3) is 0 Å². The number of ether oxygens (including phenoxy) is 2. The molecule has 0 saturated heterocycles. The molecule has 0 atom stereocenters. The molecule has 0 spiro atoms. The quantitative estimate of drug-likeness (QED) is 0.615. The monoisotopic (exact) mass is 245 g/mol. The van der Waals surface area contributed by atoms with E-state index < -0.39 is 0 Å². The van der Waals surface area contributed by atoms with Crippen LogP contribution in [0.5, 0.6) is 11.5 Å². The zero-order valence-corrected chi connectivity index (χ0v) is 9.78. The van der Waals surface area contributed by atoms with E-state index in [1.165, 1.54) is 6.92 Å². The van der Waals surface area contributed by atoms with Gasteiger partial charge in [-0.2, -0.15) is 0 Å². The topological polar surface area (TPSA) is 64.6 Å². The summed E-state index contributed by atoms with van der Waals surface area (Å²) in [5.41, 5.74) is 0.995. The van der Waals surface area contributed by atoms with E-state index in [0.29, 0.717) is 28.9 Å². The van der Waals surface area contributed by atoms with E-state index in [1.54, 1.807) is 12.1 Å². The van der Waals surface area contributed by atoms with Gasteiger partial charge in [0.15, 0.2) is 17.8 Å². The SMILES string of the molecule is CC(=O)NCC#Cc1cc2c(cc1C=O)OCO2. The maximum absolute atomic E-state index is 10.9. The van der Waals surface area contributed by atoms with Gasteiger partial charge in [-0.05, 0) is 6.07 Å². The molecule has 1 N–H and O–H groups in total. The standard InChI is InChI=1S/C13H11NO4/c1-9(16)14-4-2-3-10-5-12-13(18-8-17-12)6-11(10)7-15/h5-7H,4,8H2,1H3,(H,14,16). The minimum Gasteiger partial charge on any atom is -0.454 e. The maximum Gasteiger partial charge on any atom is 0.231 e. The van der Waals surface area contributed by atoms with Crippen LogP contribution >= 0.6 is 0 Å². The molecule has 0 aromatic heterocycles. The van der Waals surface area contributed by atoms with Crippen molar-refractivity contribution >= 4 is 12.2 Å². The molecule has 2 rings (SSSR count). The molecule has 1 aliphatic heterocycles. The first-order valence-corrected chi connectivity index (χ1v) is 5.33. The second-order valence-electron chi connectivity index (χ2n) is 3.62. The first-order valence-electron chi connectivity index (χ1n) is 5.33. The van der Waals surface area contributed by atoms with Crippen LogP contribution < -0.4 is 14.8 Å². The number of benzene rings is 1. The summed E-state index contributed by atoms with van der Waals surface area (Å²) in [5.74, 6) is 6.55. The summed E-state index contributed by atoms with van der Waals surface area (Å²) >= 11 is 0. The molecule has 1 amide bonds. The first-order chi connectivity index (χ1) is 8.70. The molecular weight excluding hydrogens is 234 g/mol. The highest BCUT2D eigenvalue weighted by Gasteiger charge is 2.16. The molecule has 0 unspecified atom stereocenters. The molecule has 18 heavy (non-hydrogen) atoms. The van der Waals surface area contributed by atoms with Crippen molar-refractivity contribution in [2.75, 3.05) is 13.3 Å². The van der Waals surface area contributed by atoms with Crippen molar-refractivity contribution in [2.24, 2.45) is 0 Å². The van der Waals surface area contributed by atoms with Gasteiger partial charge in [-0.15, -0.1) is 0 Å². The van der Waals surface area contributed by atoms with Gasteiger partial charge < -0.3 is 14.8 Å². The van der Waals surface area contributed by atoms with Gasteiger partial charge in [0.25, 0.3) is 0 Å². The van der Waals surface area contributed by atoms with Crippen molar-refractivity contribution in [1.82, 2.24) is 5.32 Å². The smallest absolute Gasteiger partial charge is 0.231 e. The van der Waals surface area contributed by atoms with Crippen molar-refractivity contribution in [3.8, 4) is 23.3 Å². The highest BCUT2D eigenvalue weighted by molar-refractivity contribution is 5.81. The van der Waals surface area contributed by atoms with Gasteiger partial charge in [0.1, 0.15) is 0 Å². The van der Waals surface area contributed by atoms with Crippen LogP contribution in [0.15, 0.2) is 12.1 Å². The van der Waals surface area contributed by atoms with E-state index in [2.05, 4.69) is 17.2 Å². The molecule has 92 valence electrons. The van der Waals surface area contributed by atoms with E-state index >= 15 is 0 Å². The van der Waals surface area contributed by atoms with Gasteiger partial charge in [0, 0.05) is 24.1 Å². The summed E-state index contributed by atoms with van der Waals surface area (Å²) in [6.07, 6.45) is 0.713. The van der Waals surface area contributed by atoms with Crippen molar-refractivity contribution in [3.63, 3.8) is 0 Å². The number of fused-ring (bicyclic) bond motifs is 1. The predicted octanol–water partition coefficient (Wildman–Crippen LogP) is 0.715. The Hall–Kier alpha value is -2.48. The van der Waals surface area contributed by atoms with Gasteiger partial charge >= 0.3 is 0 Å². The fraction of sp³-hybridized carbons (Fsp3) is 0.231. The number of hydrogen-bond acceptors (Lipinski definition) is 4. The highest BCUT2D eigenvalue weighted by atomic mass is 16.7. The number of amides is 1. The average molecular weight is 245 g/mol. The summed E-state index contributed by atoms with van der Waals surface area (Å²) in [6.45, 7) is 1.80. The Morgan fingerprint density at radius 2 is 2.17 bits per heavy atom. The van der Waals surface area contributed by atoms with Gasteiger partial charge in [0.05, 0.1) is 6.54 Å². The van der Waals surface area contributed by atoms with Gasteiger partial charge in [0.2, 0.25) is 12.7 Å². The number of nitrogens with one attached hydrogen (secondary N) is 1. The lowest BCUT2D eigenvalue weighted by Gasteiger charge is -2.00. The Kier molecular flexibility index (Phi) is 3.49. The zero-order valence-electron chi connectivity index (χ0n) is 9.78. The van der Waals surface area contributed by atoms with Crippen LogP contribution in [0.1, 0.15) is 22.8 Å². The van der Waals surface area contributed by atoms with Crippen LogP contribution in [-0.2, 0) is 4.79 Å². The van der Waals surface area contributed by atoms with E-state index in [4.69, 9.17) is 9.47 Å². The van der Waals surface area contributed by atoms with Crippen molar-refractivity contribution < 1.29 is 19.1 Å². The van der Waals surface area contributed by atoms with E-state index in [0.717, 1.165) is 0 Å². The molecule has 0 fully saturated rings. The summed E-state index contributed by atoms with van der Waals surface area (Å²) in [5, 5.41) is 2.55. The fourth-order valence-corrected chi connectivity index (χ4v) is 1.47. The van der Waals surface area contributed by atoms with Crippen molar-refractivity contribution in [2.45, 2.75) is 6.92 Å². The van der Waals surface area contributed by atoms with Gasteiger partial charge in [-0.25, -0.2) is 0 Å². The third-order valence-electron chi connectivity index (χ3n) is 2.32. The lowest BCUT2D eigenvalue weighted by molar-refractivity contribution is -0.118. The molecule has 0 radical (unpaired) electrons. The Labute approximate surface area is 104 Å². The molecule has 0 aliphatic carbocycles. The van der Waals surface area contributed by atoms with Crippen LogP contribution in [0.4, 0.5) is 0 Å². The molecule has 1 aromatic rings. The zero-order chi connectivity index (χ0) is 13.0. The summed E-state index contributed by atoms with van der Waals surface area (Å²) in [7, 11) is 0. The van der Waals surface area contributed by atoms with Crippen LogP contribution in [0.2, 0.25) is 0 Å². The number of carbonyl (C=O) groups is 2. The van der Waals surface area contributed by atoms with E-state index in [1.807, 2.05) is 0 Å². The predicted molar refractivity (Wildman–Crippen MR) is 63.5 cm³/mol. The van der Waals surface area contributed by atoms with E-state index in [-0.39, 0.29) is 19.2 Å². The van der Waals surface area contributed by atoms with Crippen molar-refractivity contribution in [3.05, 3.63) is 23.3 Å². The van der Waals surface area contributed by atoms with Crippen LogP contribution in [0, 0.1) is 11.8 Å². The summed E-state index contributed by atoms with van der Waals surface area (Å²) < 4.78 is 10.4. The average Bonchev–Trinajstić information content (AvgIpc) is 2.80. The van der Waals surface area contributed by atoms with E-state index in [9.17, 15) is 9.59 Å². The Morgan fingerprint density at radius 3 is 2.83 bits per heavy atom. The molecule has 5 heteroatoms. The normalized spacial score (nSPS) is 11.4. The lowest BCUT2D eigenvalue weighted by Crippen LogP contribution is -2.19. The van der Waals surface area contributed by atoms with Gasteiger partial charge in [-0.3, -0.25) is 9.59 Å². The third-order valence-corrected chi connectivity index (χ3v) is 2.32. The second-order valence-corrected chi connectivity index (χ2v) is 3.62. The highest BCUT2D eigenvalue weighted by Crippen LogP contribution is 2.34. The second kappa shape index (κ2) is 5.23. The molecule has 5 nitrogen and oxygen atoms in total. The number of rotatable bonds is 2. The first kappa shape index (κ1) is 12.0. The van der Waals surface area contributed by atoms with Crippen LogP contribution in [0.3, 0.4) is 0 Å². The molecule has 1 heterocycles.